The van der Waals surface area contributed by atoms with Crippen molar-refractivity contribution >= 4 is 34.9 Å². The lowest BCUT2D eigenvalue weighted by molar-refractivity contribution is -0.139. The Morgan fingerprint density at radius 3 is 2.65 bits per heavy atom. The number of hydrogen-bond acceptors (Lipinski definition) is 7. The van der Waals surface area contributed by atoms with Crippen molar-refractivity contribution in [2.75, 3.05) is 39.5 Å². The number of rotatable bonds is 8. The van der Waals surface area contributed by atoms with Crippen LogP contribution in [0.25, 0.3) is 6.08 Å². The first-order valence-electron chi connectivity index (χ1n) is 10.5. The summed E-state index contributed by atoms with van der Waals surface area (Å²) < 4.78 is 16.8. The van der Waals surface area contributed by atoms with Gasteiger partial charge in [-0.05, 0) is 55.8 Å². The molecule has 0 saturated carbocycles. The zero-order valence-corrected chi connectivity index (χ0v) is 18.9. The molecule has 1 atom stereocenters. The van der Waals surface area contributed by atoms with Gasteiger partial charge in [0.1, 0.15) is 6.54 Å². The Balaban J connectivity index is 1.74. The Morgan fingerprint density at radius 1 is 1.23 bits per heavy atom. The van der Waals surface area contributed by atoms with E-state index in [4.69, 9.17) is 14.2 Å². The summed E-state index contributed by atoms with van der Waals surface area (Å²) in [7, 11) is 0. The normalized spacial score (nSPS) is 19.1. The summed E-state index contributed by atoms with van der Waals surface area (Å²) in [5.41, 5.74) is 0.713. The van der Waals surface area contributed by atoms with Crippen LogP contribution in [0.1, 0.15) is 32.8 Å². The van der Waals surface area contributed by atoms with Gasteiger partial charge in [0.2, 0.25) is 5.91 Å². The summed E-state index contributed by atoms with van der Waals surface area (Å²) in [6.07, 6.45) is 2.55. The predicted molar refractivity (Wildman–Crippen MR) is 118 cm³/mol. The summed E-state index contributed by atoms with van der Waals surface area (Å²) in [6.45, 7) is 7.99. The lowest BCUT2D eigenvalue weighted by atomic mass is 10.1. The van der Waals surface area contributed by atoms with E-state index < -0.39 is 11.1 Å². The summed E-state index contributed by atoms with van der Waals surface area (Å²) in [6, 6.07) is 5.40. The van der Waals surface area contributed by atoms with Crippen molar-refractivity contribution in [2.45, 2.75) is 33.3 Å². The third-order valence-corrected chi connectivity index (χ3v) is 5.91. The van der Waals surface area contributed by atoms with Gasteiger partial charge in [-0.1, -0.05) is 13.0 Å². The molecule has 0 aromatic heterocycles. The first kappa shape index (κ1) is 23.1. The van der Waals surface area contributed by atoms with E-state index in [1.54, 1.807) is 23.1 Å². The van der Waals surface area contributed by atoms with E-state index >= 15 is 0 Å². The average molecular weight is 449 g/mol. The van der Waals surface area contributed by atoms with Crippen molar-refractivity contribution < 1.29 is 28.6 Å². The fourth-order valence-corrected chi connectivity index (χ4v) is 3.95. The van der Waals surface area contributed by atoms with Crippen molar-refractivity contribution in [1.82, 2.24) is 9.80 Å². The standard InChI is InChI=1S/C22H28N2O6S/c1-4-15(3)30-17-7-6-16(12-18(17)29-5-2)13-19-21(26)24(22(27)31-19)14-20(25)23-8-10-28-11-9-23/h6-7,12-13,15H,4-5,8-11,14H2,1-3H3/b19-13+/t15-/m0/s1. The van der Waals surface area contributed by atoms with Crippen molar-refractivity contribution in [1.29, 1.82) is 0 Å². The summed E-state index contributed by atoms with van der Waals surface area (Å²) in [4.78, 5) is 40.5. The van der Waals surface area contributed by atoms with Gasteiger partial charge < -0.3 is 19.1 Å². The van der Waals surface area contributed by atoms with E-state index in [2.05, 4.69) is 0 Å². The monoisotopic (exact) mass is 448 g/mol. The minimum Gasteiger partial charge on any atom is -0.490 e. The van der Waals surface area contributed by atoms with Gasteiger partial charge >= 0.3 is 0 Å². The first-order chi connectivity index (χ1) is 14.9. The molecule has 3 amide bonds. The number of thioether (sulfide) groups is 1. The molecule has 0 radical (unpaired) electrons. The molecule has 0 unspecified atom stereocenters. The number of carbonyl (C=O) groups excluding carboxylic acids is 3. The second kappa shape index (κ2) is 10.7. The molecule has 0 aliphatic carbocycles. The van der Waals surface area contributed by atoms with Crippen LogP contribution in [0.4, 0.5) is 4.79 Å². The Morgan fingerprint density at radius 2 is 1.97 bits per heavy atom. The lowest BCUT2D eigenvalue weighted by Crippen LogP contribution is -2.46. The highest BCUT2D eigenvalue weighted by atomic mass is 32.2. The lowest BCUT2D eigenvalue weighted by Gasteiger charge is -2.28. The molecule has 0 N–H and O–H groups in total. The molecule has 1 aromatic carbocycles. The van der Waals surface area contributed by atoms with Crippen LogP contribution in [0, 0.1) is 0 Å². The van der Waals surface area contributed by atoms with Gasteiger partial charge in [-0.25, -0.2) is 0 Å². The number of imide groups is 1. The molecule has 1 aromatic rings. The molecule has 2 heterocycles. The van der Waals surface area contributed by atoms with E-state index in [0.717, 1.165) is 23.1 Å². The van der Waals surface area contributed by atoms with Gasteiger partial charge in [0.15, 0.2) is 11.5 Å². The van der Waals surface area contributed by atoms with E-state index in [1.807, 2.05) is 26.8 Å². The molecule has 3 rings (SSSR count). The second-order valence-corrected chi connectivity index (χ2v) is 8.23. The molecular weight excluding hydrogens is 420 g/mol. The summed E-state index contributed by atoms with van der Waals surface area (Å²) in [5, 5.41) is -0.445. The van der Waals surface area contributed by atoms with Crippen LogP contribution in [-0.4, -0.2) is 72.4 Å². The van der Waals surface area contributed by atoms with E-state index in [1.165, 1.54) is 0 Å². The van der Waals surface area contributed by atoms with Crippen molar-refractivity contribution in [2.24, 2.45) is 0 Å². The number of morpholine rings is 1. The third kappa shape index (κ3) is 5.80. The van der Waals surface area contributed by atoms with Gasteiger partial charge in [-0.2, -0.15) is 0 Å². The molecule has 168 valence electrons. The highest BCUT2D eigenvalue weighted by Crippen LogP contribution is 2.35. The summed E-state index contributed by atoms with van der Waals surface area (Å²) in [5.74, 6) is 0.502. The molecule has 2 aliphatic heterocycles. The average Bonchev–Trinajstić information content (AvgIpc) is 3.03. The van der Waals surface area contributed by atoms with Crippen molar-refractivity contribution in [3.05, 3.63) is 28.7 Å². The van der Waals surface area contributed by atoms with Crippen LogP contribution in [-0.2, 0) is 14.3 Å². The van der Waals surface area contributed by atoms with E-state index in [-0.39, 0.29) is 23.5 Å². The number of ether oxygens (including phenoxy) is 3. The highest BCUT2D eigenvalue weighted by Gasteiger charge is 2.37. The zero-order chi connectivity index (χ0) is 22.4. The van der Waals surface area contributed by atoms with E-state index in [0.29, 0.717) is 50.0 Å². The van der Waals surface area contributed by atoms with Crippen LogP contribution in [0.2, 0.25) is 0 Å². The topological polar surface area (TPSA) is 85.4 Å². The summed E-state index contributed by atoms with van der Waals surface area (Å²) >= 11 is 0.834. The fraction of sp³-hybridized carbons (Fsp3) is 0.500. The van der Waals surface area contributed by atoms with Crippen LogP contribution >= 0.6 is 11.8 Å². The number of hydrogen-bond donors (Lipinski definition) is 0. The Hall–Kier alpha value is -2.52. The van der Waals surface area contributed by atoms with Crippen molar-refractivity contribution in [3.63, 3.8) is 0 Å². The maximum Gasteiger partial charge on any atom is 0.294 e. The molecule has 0 spiro atoms. The molecule has 2 aliphatic rings. The Kier molecular flexibility index (Phi) is 7.97. The van der Waals surface area contributed by atoms with Gasteiger partial charge in [0.05, 0.1) is 30.8 Å². The van der Waals surface area contributed by atoms with Crippen molar-refractivity contribution in [3.8, 4) is 11.5 Å². The molecule has 2 saturated heterocycles. The third-order valence-electron chi connectivity index (χ3n) is 5.00. The molecule has 2 fully saturated rings. The maximum atomic E-state index is 12.8. The molecule has 8 nitrogen and oxygen atoms in total. The number of benzene rings is 1. The quantitative estimate of drug-likeness (QED) is 0.565. The van der Waals surface area contributed by atoms with Crippen LogP contribution < -0.4 is 9.47 Å². The van der Waals surface area contributed by atoms with Gasteiger partial charge in [-0.15, -0.1) is 0 Å². The predicted octanol–water partition coefficient (Wildman–Crippen LogP) is 3.16. The second-order valence-electron chi connectivity index (χ2n) is 7.24. The fourth-order valence-electron chi connectivity index (χ4n) is 3.12. The van der Waals surface area contributed by atoms with Crippen LogP contribution in [0.5, 0.6) is 11.5 Å². The van der Waals surface area contributed by atoms with Gasteiger partial charge in [-0.3, -0.25) is 19.3 Å². The number of carbonyl (C=O) groups is 3. The highest BCUT2D eigenvalue weighted by molar-refractivity contribution is 8.18. The number of nitrogens with zero attached hydrogens (tertiary/aromatic N) is 2. The van der Waals surface area contributed by atoms with Gasteiger partial charge in [0, 0.05) is 13.1 Å². The zero-order valence-electron chi connectivity index (χ0n) is 18.1. The maximum absolute atomic E-state index is 12.8. The Bertz CT molecular complexity index is 866. The largest absolute Gasteiger partial charge is 0.490 e. The van der Waals surface area contributed by atoms with Crippen LogP contribution in [0.15, 0.2) is 23.1 Å². The minimum absolute atomic E-state index is 0.0468. The molecule has 0 bridgehead atoms. The van der Waals surface area contributed by atoms with Crippen LogP contribution in [0.3, 0.4) is 0 Å². The molecule has 9 heteroatoms. The molecule has 31 heavy (non-hydrogen) atoms. The smallest absolute Gasteiger partial charge is 0.294 e. The molecular formula is C22H28N2O6S. The van der Waals surface area contributed by atoms with E-state index in [9.17, 15) is 14.4 Å². The van der Waals surface area contributed by atoms with Gasteiger partial charge in [0.25, 0.3) is 11.1 Å². The Labute approximate surface area is 186 Å². The SMILES string of the molecule is CCOc1cc(/C=C2/SC(=O)N(CC(=O)N3CCOCC3)C2=O)ccc1O[C@@H](C)CC. The minimum atomic E-state index is -0.463. The number of amides is 3. The first-order valence-corrected chi connectivity index (χ1v) is 11.3.